The fourth-order valence-electron chi connectivity index (χ4n) is 2.77. The van der Waals surface area contributed by atoms with Crippen LogP contribution in [0.5, 0.6) is 11.5 Å². The van der Waals surface area contributed by atoms with Gasteiger partial charge in [-0.2, -0.15) is 0 Å². The van der Waals surface area contributed by atoms with Gasteiger partial charge in [0, 0.05) is 0 Å². The van der Waals surface area contributed by atoms with Crippen molar-refractivity contribution >= 4 is 18.0 Å². The van der Waals surface area contributed by atoms with Crippen molar-refractivity contribution in [1.29, 1.82) is 0 Å². The number of nitrogens with one attached hydrogen (secondary N) is 1. The molecule has 0 aliphatic carbocycles. The molecule has 0 bridgehead atoms. The molecule has 27 heavy (non-hydrogen) atoms. The Balaban J connectivity index is 1.81. The summed E-state index contributed by atoms with van der Waals surface area (Å²) in [6, 6.07) is 14.3. The Hall–Kier alpha value is -3.28. The number of methoxy groups -OCH3 is 1. The van der Waals surface area contributed by atoms with E-state index in [4.69, 9.17) is 9.47 Å². The second kappa shape index (κ2) is 7.95. The van der Waals surface area contributed by atoms with Crippen molar-refractivity contribution in [2.45, 2.75) is 26.5 Å². The van der Waals surface area contributed by atoms with Gasteiger partial charge in [-0.1, -0.05) is 36.4 Å². The zero-order chi connectivity index (χ0) is 19.4. The molecule has 0 aromatic heterocycles. The number of carbonyl (C=O) groups is 2. The van der Waals surface area contributed by atoms with Crippen molar-refractivity contribution in [2.75, 3.05) is 7.11 Å². The lowest BCUT2D eigenvalue weighted by atomic mass is 10.1. The van der Waals surface area contributed by atoms with E-state index in [1.807, 2.05) is 50.2 Å². The summed E-state index contributed by atoms with van der Waals surface area (Å²) in [5, 5.41) is 2.63. The Labute approximate surface area is 158 Å². The third-order valence-corrected chi connectivity index (χ3v) is 4.01. The Kier molecular flexibility index (Phi) is 5.45. The fraction of sp³-hybridized carbons (Fsp3) is 0.238. The Bertz CT molecular complexity index is 875. The van der Waals surface area contributed by atoms with E-state index in [0.717, 1.165) is 11.1 Å². The van der Waals surface area contributed by atoms with Gasteiger partial charge in [0.2, 0.25) is 0 Å². The number of amides is 3. The number of rotatable bonds is 6. The maximum atomic E-state index is 12.6. The van der Waals surface area contributed by atoms with Crippen LogP contribution in [0.2, 0.25) is 0 Å². The van der Waals surface area contributed by atoms with Crippen LogP contribution >= 0.6 is 0 Å². The van der Waals surface area contributed by atoms with E-state index in [9.17, 15) is 9.59 Å². The van der Waals surface area contributed by atoms with Crippen LogP contribution in [0.25, 0.3) is 6.08 Å². The van der Waals surface area contributed by atoms with Crippen LogP contribution in [0.3, 0.4) is 0 Å². The van der Waals surface area contributed by atoms with Crippen LogP contribution < -0.4 is 14.8 Å². The summed E-state index contributed by atoms with van der Waals surface area (Å²) in [7, 11) is 1.56. The van der Waals surface area contributed by atoms with Gasteiger partial charge in [-0.05, 0) is 43.2 Å². The molecule has 0 unspecified atom stereocenters. The fourth-order valence-corrected chi connectivity index (χ4v) is 2.77. The minimum Gasteiger partial charge on any atom is -0.493 e. The number of nitrogens with zero attached hydrogens (tertiary/aromatic N) is 1. The molecule has 1 aliphatic rings. The van der Waals surface area contributed by atoms with Gasteiger partial charge in [-0.25, -0.2) is 4.79 Å². The highest BCUT2D eigenvalue weighted by Crippen LogP contribution is 2.30. The summed E-state index contributed by atoms with van der Waals surface area (Å²) in [6.07, 6.45) is 1.65. The SMILES string of the molecule is COc1cc(/C=C2/NC(=O)N(Cc3ccccc3)C2=O)ccc1OC(C)C. The molecule has 6 heteroatoms. The van der Waals surface area contributed by atoms with Gasteiger partial charge in [-0.15, -0.1) is 0 Å². The smallest absolute Gasteiger partial charge is 0.329 e. The lowest BCUT2D eigenvalue weighted by Crippen LogP contribution is -2.30. The molecule has 0 saturated carbocycles. The highest BCUT2D eigenvalue weighted by Gasteiger charge is 2.33. The van der Waals surface area contributed by atoms with Crippen molar-refractivity contribution < 1.29 is 19.1 Å². The first-order valence-corrected chi connectivity index (χ1v) is 8.71. The monoisotopic (exact) mass is 366 g/mol. The van der Waals surface area contributed by atoms with Crippen molar-refractivity contribution in [3.63, 3.8) is 0 Å². The molecule has 6 nitrogen and oxygen atoms in total. The summed E-state index contributed by atoms with van der Waals surface area (Å²) >= 11 is 0. The quantitative estimate of drug-likeness (QED) is 0.627. The number of carbonyl (C=O) groups excluding carboxylic acids is 2. The van der Waals surface area contributed by atoms with Crippen LogP contribution in [0.15, 0.2) is 54.2 Å². The van der Waals surface area contributed by atoms with E-state index >= 15 is 0 Å². The summed E-state index contributed by atoms with van der Waals surface area (Å²) in [4.78, 5) is 26.0. The average Bonchev–Trinajstić information content (AvgIpc) is 2.91. The Morgan fingerprint density at radius 2 is 1.81 bits per heavy atom. The van der Waals surface area contributed by atoms with Gasteiger partial charge in [-0.3, -0.25) is 9.69 Å². The minimum absolute atomic E-state index is 0.0188. The number of benzene rings is 2. The van der Waals surface area contributed by atoms with E-state index < -0.39 is 6.03 Å². The molecule has 3 amide bonds. The van der Waals surface area contributed by atoms with Gasteiger partial charge in [0.25, 0.3) is 5.91 Å². The van der Waals surface area contributed by atoms with E-state index in [0.29, 0.717) is 11.5 Å². The van der Waals surface area contributed by atoms with Gasteiger partial charge in [0.15, 0.2) is 11.5 Å². The molecule has 1 heterocycles. The number of hydrogen-bond acceptors (Lipinski definition) is 4. The largest absolute Gasteiger partial charge is 0.493 e. The van der Waals surface area contributed by atoms with Crippen molar-refractivity contribution in [3.8, 4) is 11.5 Å². The predicted molar refractivity (Wildman–Crippen MR) is 102 cm³/mol. The first-order chi connectivity index (χ1) is 13.0. The van der Waals surface area contributed by atoms with Crippen molar-refractivity contribution in [3.05, 3.63) is 65.4 Å². The number of urea groups is 1. The molecule has 1 aliphatic heterocycles. The Morgan fingerprint density at radius 3 is 2.48 bits per heavy atom. The zero-order valence-electron chi connectivity index (χ0n) is 15.6. The summed E-state index contributed by atoms with van der Waals surface area (Å²) in [5.41, 5.74) is 1.85. The number of imide groups is 1. The first kappa shape index (κ1) is 18.5. The molecule has 2 aromatic rings. The zero-order valence-corrected chi connectivity index (χ0v) is 15.6. The molecular weight excluding hydrogens is 344 g/mol. The number of ether oxygens (including phenoxy) is 2. The maximum absolute atomic E-state index is 12.6. The predicted octanol–water partition coefficient (Wildman–Crippen LogP) is 3.58. The molecule has 1 saturated heterocycles. The molecule has 0 spiro atoms. The molecule has 0 atom stereocenters. The van der Waals surface area contributed by atoms with E-state index in [-0.39, 0.29) is 24.3 Å². The Morgan fingerprint density at radius 1 is 1.07 bits per heavy atom. The van der Waals surface area contributed by atoms with Crippen LogP contribution in [0, 0.1) is 0 Å². The standard InChI is InChI=1S/C21H22N2O4/c1-14(2)27-18-10-9-16(12-19(18)26-3)11-17-20(24)23(21(25)22-17)13-15-7-5-4-6-8-15/h4-12,14H,13H2,1-3H3,(H,22,25)/b17-11+. The van der Waals surface area contributed by atoms with Crippen LogP contribution in [-0.4, -0.2) is 30.1 Å². The highest BCUT2D eigenvalue weighted by molar-refractivity contribution is 6.13. The molecule has 3 rings (SSSR count). The maximum Gasteiger partial charge on any atom is 0.329 e. The van der Waals surface area contributed by atoms with Gasteiger partial charge < -0.3 is 14.8 Å². The van der Waals surface area contributed by atoms with Crippen molar-refractivity contribution in [2.24, 2.45) is 0 Å². The van der Waals surface area contributed by atoms with Crippen LogP contribution in [-0.2, 0) is 11.3 Å². The average molecular weight is 366 g/mol. The molecule has 0 radical (unpaired) electrons. The van der Waals surface area contributed by atoms with Gasteiger partial charge in [0.05, 0.1) is 19.8 Å². The second-order valence-electron chi connectivity index (χ2n) is 6.44. The van der Waals surface area contributed by atoms with Crippen molar-refractivity contribution in [1.82, 2.24) is 10.2 Å². The number of hydrogen-bond donors (Lipinski definition) is 1. The summed E-state index contributed by atoms with van der Waals surface area (Å²) < 4.78 is 11.1. The molecular formula is C21H22N2O4. The van der Waals surface area contributed by atoms with E-state index in [1.54, 1.807) is 25.3 Å². The lowest BCUT2D eigenvalue weighted by molar-refractivity contribution is -0.123. The first-order valence-electron chi connectivity index (χ1n) is 8.71. The normalized spacial score (nSPS) is 15.4. The van der Waals surface area contributed by atoms with Gasteiger partial charge >= 0.3 is 6.03 Å². The van der Waals surface area contributed by atoms with Crippen LogP contribution in [0.4, 0.5) is 4.79 Å². The molecule has 1 N–H and O–H groups in total. The molecule has 1 fully saturated rings. The third-order valence-electron chi connectivity index (χ3n) is 4.01. The van der Waals surface area contributed by atoms with E-state index in [2.05, 4.69) is 5.32 Å². The summed E-state index contributed by atoms with van der Waals surface area (Å²) in [5.74, 6) is 0.837. The highest BCUT2D eigenvalue weighted by atomic mass is 16.5. The van der Waals surface area contributed by atoms with Gasteiger partial charge in [0.1, 0.15) is 5.70 Å². The summed E-state index contributed by atoms with van der Waals surface area (Å²) in [6.45, 7) is 4.10. The molecule has 2 aromatic carbocycles. The second-order valence-corrected chi connectivity index (χ2v) is 6.44. The van der Waals surface area contributed by atoms with E-state index in [1.165, 1.54) is 4.90 Å². The van der Waals surface area contributed by atoms with Crippen LogP contribution in [0.1, 0.15) is 25.0 Å². The lowest BCUT2D eigenvalue weighted by Gasteiger charge is -2.14. The minimum atomic E-state index is -0.429. The molecule has 140 valence electrons. The topological polar surface area (TPSA) is 67.9 Å². The third kappa shape index (κ3) is 4.28.